The van der Waals surface area contributed by atoms with Crippen LogP contribution in [0.15, 0.2) is 0 Å². The molecule has 0 aromatic carbocycles. The molecule has 2 rings (SSSR count). The fourth-order valence-electron chi connectivity index (χ4n) is 3.28. The van der Waals surface area contributed by atoms with Crippen LogP contribution in [0.2, 0.25) is 0 Å². The van der Waals surface area contributed by atoms with Gasteiger partial charge in [0.05, 0.1) is 6.61 Å². The van der Waals surface area contributed by atoms with E-state index in [1.165, 1.54) is 25.7 Å². The maximum atomic E-state index is 10.2. The number of unbranched alkanes of at least 4 members (excludes halogenated alkanes) is 1. The van der Waals surface area contributed by atoms with Crippen molar-refractivity contribution in [3.63, 3.8) is 0 Å². The molecule has 2 aliphatic carbocycles. The second-order valence-corrected chi connectivity index (χ2v) is 6.54. The monoisotopic (exact) mass is 285 g/mol. The van der Waals surface area contributed by atoms with E-state index in [9.17, 15) is 5.11 Å². The van der Waals surface area contributed by atoms with Crippen molar-refractivity contribution >= 4 is 0 Å². The molecule has 0 aromatic rings. The van der Waals surface area contributed by atoms with Crippen LogP contribution in [0.3, 0.4) is 0 Å². The summed E-state index contributed by atoms with van der Waals surface area (Å²) < 4.78 is 11.5. The minimum Gasteiger partial charge on any atom is -0.365 e. The van der Waals surface area contributed by atoms with Gasteiger partial charge in [0.15, 0.2) is 5.79 Å². The van der Waals surface area contributed by atoms with Crippen molar-refractivity contribution in [2.45, 2.75) is 88.6 Å². The minimum atomic E-state index is -0.850. The van der Waals surface area contributed by atoms with E-state index in [0.717, 1.165) is 51.4 Å². The average molecular weight is 285 g/mol. The number of rotatable bonds is 7. The van der Waals surface area contributed by atoms with Crippen molar-refractivity contribution in [3.05, 3.63) is 0 Å². The van der Waals surface area contributed by atoms with Gasteiger partial charge in [-0.1, -0.05) is 12.8 Å². The summed E-state index contributed by atoms with van der Waals surface area (Å²) in [6.45, 7) is 1.33. The molecule has 0 unspecified atom stereocenters. The molecule has 2 aliphatic rings. The van der Waals surface area contributed by atoms with Crippen LogP contribution < -0.4 is 5.73 Å². The van der Waals surface area contributed by atoms with Crippen LogP contribution in [-0.2, 0) is 9.47 Å². The molecule has 0 radical (unpaired) electrons. The fourth-order valence-corrected chi connectivity index (χ4v) is 3.28. The van der Waals surface area contributed by atoms with Crippen molar-refractivity contribution < 1.29 is 14.6 Å². The predicted molar refractivity (Wildman–Crippen MR) is 79.2 cm³/mol. The lowest BCUT2D eigenvalue weighted by Crippen LogP contribution is -2.44. The third kappa shape index (κ3) is 5.32. The molecular weight excluding hydrogens is 254 g/mol. The molecule has 0 aliphatic heterocycles. The first-order chi connectivity index (χ1) is 9.62. The lowest BCUT2D eigenvalue weighted by atomic mass is 9.92. The van der Waals surface area contributed by atoms with E-state index in [1.807, 2.05) is 0 Å². The zero-order valence-electron chi connectivity index (χ0n) is 12.7. The van der Waals surface area contributed by atoms with Gasteiger partial charge in [-0.25, -0.2) is 0 Å². The maximum Gasteiger partial charge on any atom is 0.165 e. The highest BCUT2D eigenvalue weighted by Gasteiger charge is 2.30. The summed E-state index contributed by atoms with van der Waals surface area (Å²) in [5, 5.41) is 10.2. The second-order valence-electron chi connectivity index (χ2n) is 6.54. The van der Waals surface area contributed by atoms with E-state index >= 15 is 0 Å². The lowest BCUT2D eigenvalue weighted by molar-refractivity contribution is -0.221. The van der Waals surface area contributed by atoms with Crippen molar-refractivity contribution in [2.75, 3.05) is 13.2 Å². The zero-order valence-corrected chi connectivity index (χ0v) is 12.7. The summed E-state index contributed by atoms with van der Waals surface area (Å²) in [5.41, 5.74) is 5.84. The van der Waals surface area contributed by atoms with Crippen LogP contribution in [0.1, 0.15) is 77.0 Å². The molecule has 20 heavy (non-hydrogen) atoms. The summed E-state index contributed by atoms with van der Waals surface area (Å²) in [4.78, 5) is 0. The lowest BCUT2D eigenvalue weighted by Gasteiger charge is -2.33. The highest BCUT2D eigenvalue weighted by atomic mass is 16.6. The van der Waals surface area contributed by atoms with Gasteiger partial charge in [0.2, 0.25) is 0 Å². The third-order valence-corrected chi connectivity index (χ3v) is 4.63. The van der Waals surface area contributed by atoms with E-state index < -0.39 is 5.79 Å². The van der Waals surface area contributed by atoms with Crippen molar-refractivity contribution in [3.8, 4) is 0 Å². The van der Waals surface area contributed by atoms with E-state index in [-0.39, 0.29) is 5.72 Å². The van der Waals surface area contributed by atoms with Gasteiger partial charge in [-0.3, -0.25) is 0 Å². The normalized spacial score (nSPS) is 25.5. The Labute approximate surface area is 123 Å². The molecule has 4 heteroatoms. The Bertz CT molecular complexity index is 243. The van der Waals surface area contributed by atoms with Crippen LogP contribution in [0.25, 0.3) is 0 Å². The Morgan fingerprint density at radius 1 is 0.750 bits per heavy atom. The van der Waals surface area contributed by atoms with Gasteiger partial charge in [0.1, 0.15) is 5.72 Å². The number of hydrogen-bond donors (Lipinski definition) is 2. The van der Waals surface area contributed by atoms with E-state index in [4.69, 9.17) is 15.2 Å². The fraction of sp³-hybridized carbons (Fsp3) is 1.00. The second kappa shape index (κ2) is 7.74. The molecule has 0 aromatic heterocycles. The zero-order chi connectivity index (χ0) is 14.3. The van der Waals surface area contributed by atoms with Gasteiger partial charge in [-0.15, -0.1) is 0 Å². The Balaban J connectivity index is 1.51. The smallest absolute Gasteiger partial charge is 0.165 e. The van der Waals surface area contributed by atoms with Gasteiger partial charge in [-0.05, 0) is 51.4 Å². The Hall–Kier alpha value is -0.160. The van der Waals surface area contributed by atoms with E-state index in [0.29, 0.717) is 13.2 Å². The summed E-state index contributed by atoms with van der Waals surface area (Å²) in [6, 6.07) is 0. The first-order valence-corrected chi connectivity index (χ1v) is 8.41. The van der Waals surface area contributed by atoms with Gasteiger partial charge in [0.25, 0.3) is 0 Å². The van der Waals surface area contributed by atoms with Gasteiger partial charge >= 0.3 is 0 Å². The minimum absolute atomic E-state index is 0.374. The van der Waals surface area contributed by atoms with Crippen molar-refractivity contribution in [1.29, 1.82) is 0 Å². The maximum absolute atomic E-state index is 10.2. The van der Waals surface area contributed by atoms with Crippen LogP contribution in [0.5, 0.6) is 0 Å². The largest absolute Gasteiger partial charge is 0.365 e. The van der Waals surface area contributed by atoms with Gasteiger partial charge in [-0.2, -0.15) is 0 Å². The summed E-state index contributed by atoms with van der Waals surface area (Å²) in [6.07, 6.45) is 12.5. The first-order valence-electron chi connectivity index (χ1n) is 8.41. The molecule has 0 amide bonds. The molecule has 2 fully saturated rings. The number of nitrogens with two attached hydrogens (primary N) is 1. The molecule has 0 bridgehead atoms. The third-order valence-electron chi connectivity index (χ3n) is 4.63. The highest BCUT2D eigenvalue weighted by Crippen LogP contribution is 2.29. The first kappa shape index (κ1) is 16.2. The molecule has 0 spiro atoms. The van der Waals surface area contributed by atoms with Gasteiger partial charge in [0, 0.05) is 19.4 Å². The molecule has 2 saturated carbocycles. The Morgan fingerprint density at radius 2 is 1.25 bits per heavy atom. The van der Waals surface area contributed by atoms with Crippen LogP contribution in [0, 0.1) is 0 Å². The summed E-state index contributed by atoms with van der Waals surface area (Å²) in [5.74, 6) is -0.850. The SMILES string of the molecule is NC1(OCCCCOC2(O)CCCCC2)CCCCC1. The number of aliphatic hydroxyl groups is 1. The van der Waals surface area contributed by atoms with E-state index in [1.54, 1.807) is 0 Å². The highest BCUT2D eigenvalue weighted by molar-refractivity contribution is 4.77. The topological polar surface area (TPSA) is 64.7 Å². The predicted octanol–water partition coefficient (Wildman–Crippen LogP) is 3.07. The number of ether oxygens (including phenoxy) is 2. The molecule has 3 N–H and O–H groups in total. The van der Waals surface area contributed by atoms with Crippen molar-refractivity contribution in [2.24, 2.45) is 5.73 Å². The molecule has 118 valence electrons. The molecule has 0 atom stereocenters. The van der Waals surface area contributed by atoms with Crippen LogP contribution in [-0.4, -0.2) is 29.8 Å². The molecule has 0 saturated heterocycles. The molecule has 4 nitrogen and oxygen atoms in total. The van der Waals surface area contributed by atoms with Crippen LogP contribution >= 0.6 is 0 Å². The Morgan fingerprint density at radius 3 is 1.85 bits per heavy atom. The van der Waals surface area contributed by atoms with Crippen LogP contribution in [0.4, 0.5) is 0 Å². The Kier molecular flexibility index (Phi) is 6.27. The summed E-state index contributed by atoms with van der Waals surface area (Å²) >= 11 is 0. The van der Waals surface area contributed by atoms with Gasteiger partial charge < -0.3 is 20.3 Å². The molecule has 0 heterocycles. The standard InChI is InChI=1S/C16H31NO3/c17-15(9-3-1-4-10-15)19-13-7-8-14-20-16(18)11-5-2-6-12-16/h18H,1-14,17H2. The summed E-state index contributed by atoms with van der Waals surface area (Å²) in [7, 11) is 0. The average Bonchev–Trinajstić information content (AvgIpc) is 2.44. The van der Waals surface area contributed by atoms with E-state index in [2.05, 4.69) is 0 Å². The number of hydrogen-bond acceptors (Lipinski definition) is 4. The quantitative estimate of drug-likeness (QED) is 0.557. The van der Waals surface area contributed by atoms with Crippen molar-refractivity contribution in [1.82, 2.24) is 0 Å². The molecular formula is C16H31NO3.